The zero-order valence-electron chi connectivity index (χ0n) is 7.35. The van der Waals surface area contributed by atoms with Gasteiger partial charge in [-0.15, -0.1) is 0 Å². The molecule has 0 saturated heterocycles. The third-order valence-electron chi connectivity index (χ3n) is 1.15. The van der Waals surface area contributed by atoms with Gasteiger partial charge in [-0.25, -0.2) is 0 Å². The van der Waals surface area contributed by atoms with Gasteiger partial charge in [-0.1, -0.05) is 13.8 Å². The van der Waals surface area contributed by atoms with Crippen LogP contribution in [0.4, 0.5) is 0 Å². The molecule has 0 fully saturated rings. The molecule has 3 nitrogen and oxygen atoms in total. The Bertz CT molecular complexity index is 161. The van der Waals surface area contributed by atoms with Crippen molar-refractivity contribution in [3.05, 3.63) is 11.8 Å². The molecule has 0 aromatic carbocycles. The van der Waals surface area contributed by atoms with Crippen molar-refractivity contribution in [1.82, 2.24) is 5.32 Å². The van der Waals surface area contributed by atoms with Crippen LogP contribution in [0.15, 0.2) is 11.8 Å². The van der Waals surface area contributed by atoms with E-state index >= 15 is 0 Å². The number of carbonyl (C=O) groups excluding carboxylic acids is 1. The highest BCUT2D eigenvalue weighted by Gasteiger charge is 1.93. The summed E-state index contributed by atoms with van der Waals surface area (Å²) in [5, 5.41) is 3.07. The molecular formula is C8H16N2O. The van der Waals surface area contributed by atoms with Crippen LogP contribution in [-0.2, 0) is 4.79 Å². The first kappa shape index (κ1) is 10.0. The zero-order chi connectivity index (χ0) is 8.85. The van der Waals surface area contributed by atoms with E-state index in [0.717, 1.165) is 12.2 Å². The van der Waals surface area contributed by atoms with Crippen molar-refractivity contribution in [3.63, 3.8) is 0 Å². The lowest BCUT2D eigenvalue weighted by atomic mass is 10.2. The molecule has 0 saturated carbocycles. The van der Waals surface area contributed by atoms with Gasteiger partial charge >= 0.3 is 0 Å². The second-order valence-electron chi connectivity index (χ2n) is 3.00. The molecular weight excluding hydrogens is 140 g/mol. The molecule has 0 spiro atoms. The van der Waals surface area contributed by atoms with Gasteiger partial charge in [-0.3, -0.25) is 4.79 Å². The summed E-state index contributed by atoms with van der Waals surface area (Å²) < 4.78 is 0. The molecule has 0 heterocycles. The maximum absolute atomic E-state index is 10.4. The first-order chi connectivity index (χ1) is 5.02. The van der Waals surface area contributed by atoms with Gasteiger partial charge in [0, 0.05) is 18.3 Å². The largest absolute Gasteiger partial charge is 0.388 e. The minimum absolute atomic E-state index is 0.404. The van der Waals surface area contributed by atoms with Gasteiger partial charge in [-0.2, -0.15) is 0 Å². The first-order valence-corrected chi connectivity index (χ1v) is 3.74. The van der Waals surface area contributed by atoms with E-state index in [1.54, 1.807) is 0 Å². The topological polar surface area (TPSA) is 55.1 Å². The zero-order valence-corrected chi connectivity index (χ0v) is 7.35. The average Bonchev–Trinajstić information content (AvgIpc) is 1.82. The minimum atomic E-state index is -0.404. The maximum Gasteiger partial charge on any atom is 0.243 e. The van der Waals surface area contributed by atoms with Crippen LogP contribution in [0.3, 0.4) is 0 Å². The molecule has 0 radical (unpaired) electrons. The summed E-state index contributed by atoms with van der Waals surface area (Å²) in [5.41, 5.74) is 5.77. The smallest absolute Gasteiger partial charge is 0.243 e. The Labute approximate surface area is 67.7 Å². The van der Waals surface area contributed by atoms with Crippen molar-refractivity contribution >= 4 is 5.91 Å². The van der Waals surface area contributed by atoms with E-state index in [1.165, 1.54) is 6.08 Å². The van der Waals surface area contributed by atoms with Gasteiger partial charge in [0.2, 0.25) is 5.91 Å². The Morgan fingerprint density at radius 1 is 1.64 bits per heavy atom. The molecule has 1 amide bonds. The highest BCUT2D eigenvalue weighted by atomic mass is 16.1. The number of amides is 1. The van der Waals surface area contributed by atoms with Crippen molar-refractivity contribution in [3.8, 4) is 0 Å². The fourth-order valence-corrected chi connectivity index (χ4v) is 0.630. The summed E-state index contributed by atoms with van der Waals surface area (Å²) in [6.45, 7) is 6.90. The van der Waals surface area contributed by atoms with E-state index < -0.39 is 5.91 Å². The molecule has 0 aliphatic rings. The summed E-state index contributed by atoms with van der Waals surface area (Å²) in [6, 6.07) is 0. The van der Waals surface area contributed by atoms with E-state index in [2.05, 4.69) is 19.2 Å². The first-order valence-electron chi connectivity index (χ1n) is 3.74. The standard InChI is InChI=1S/C8H16N2O/c1-6(2)5-10-7(3)4-8(9)11/h4,6,10H,5H2,1-3H3,(H2,9,11)/b7-4+. The van der Waals surface area contributed by atoms with Crippen LogP contribution in [-0.4, -0.2) is 12.5 Å². The molecule has 3 N–H and O–H groups in total. The molecule has 0 rings (SSSR count). The number of carbonyl (C=O) groups is 1. The fraction of sp³-hybridized carbons (Fsp3) is 0.625. The molecule has 0 aliphatic heterocycles. The summed E-state index contributed by atoms with van der Waals surface area (Å²) >= 11 is 0. The summed E-state index contributed by atoms with van der Waals surface area (Å²) in [4.78, 5) is 10.4. The molecule has 0 aromatic heterocycles. The highest BCUT2D eigenvalue weighted by molar-refractivity contribution is 5.86. The van der Waals surface area contributed by atoms with Crippen LogP contribution in [0.1, 0.15) is 20.8 Å². The van der Waals surface area contributed by atoms with Crippen molar-refractivity contribution < 1.29 is 4.79 Å². The molecule has 11 heavy (non-hydrogen) atoms. The average molecular weight is 156 g/mol. The lowest BCUT2D eigenvalue weighted by Gasteiger charge is -2.07. The molecule has 0 unspecified atom stereocenters. The molecule has 64 valence electrons. The molecule has 0 bridgehead atoms. The molecule has 0 aliphatic carbocycles. The Morgan fingerprint density at radius 2 is 2.18 bits per heavy atom. The maximum atomic E-state index is 10.4. The summed E-state index contributed by atoms with van der Waals surface area (Å²) in [5.74, 6) is 0.171. The van der Waals surface area contributed by atoms with Crippen molar-refractivity contribution in [2.24, 2.45) is 11.7 Å². The number of nitrogens with two attached hydrogens (primary N) is 1. The summed E-state index contributed by atoms with van der Waals surface area (Å²) in [7, 11) is 0. The van der Waals surface area contributed by atoms with Gasteiger partial charge in [0.15, 0.2) is 0 Å². The number of allylic oxidation sites excluding steroid dienone is 1. The SMILES string of the molecule is C/C(=C\C(N)=O)NCC(C)C. The molecule has 0 atom stereocenters. The number of rotatable bonds is 4. The minimum Gasteiger partial charge on any atom is -0.388 e. The van der Waals surface area contributed by atoms with Crippen LogP contribution in [0.25, 0.3) is 0 Å². The van der Waals surface area contributed by atoms with Gasteiger partial charge in [-0.05, 0) is 12.8 Å². The number of primary amides is 1. The van der Waals surface area contributed by atoms with Crippen LogP contribution < -0.4 is 11.1 Å². The number of hydrogen-bond acceptors (Lipinski definition) is 2. The summed E-state index contributed by atoms with van der Waals surface area (Å²) in [6.07, 6.45) is 1.39. The Balaban J connectivity index is 3.68. The van der Waals surface area contributed by atoms with E-state index in [-0.39, 0.29) is 0 Å². The Morgan fingerprint density at radius 3 is 2.55 bits per heavy atom. The fourth-order valence-electron chi connectivity index (χ4n) is 0.630. The monoisotopic (exact) mass is 156 g/mol. The lowest BCUT2D eigenvalue weighted by Crippen LogP contribution is -2.19. The predicted octanol–water partition coefficient (Wildman–Crippen LogP) is 0.621. The van der Waals surface area contributed by atoms with Crippen LogP contribution in [0, 0.1) is 5.92 Å². The van der Waals surface area contributed by atoms with Gasteiger partial charge in [0.1, 0.15) is 0 Å². The Kier molecular flexibility index (Phi) is 4.34. The van der Waals surface area contributed by atoms with E-state index in [1.807, 2.05) is 6.92 Å². The van der Waals surface area contributed by atoms with Crippen molar-refractivity contribution in [1.29, 1.82) is 0 Å². The van der Waals surface area contributed by atoms with Gasteiger partial charge < -0.3 is 11.1 Å². The molecule has 0 aromatic rings. The predicted molar refractivity (Wildman–Crippen MR) is 45.8 cm³/mol. The number of hydrogen-bond donors (Lipinski definition) is 2. The van der Waals surface area contributed by atoms with Gasteiger partial charge in [0.05, 0.1) is 0 Å². The third kappa shape index (κ3) is 6.90. The van der Waals surface area contributed by atoms with Crippen LogP contribution >= 0.6 is 0 Å². The Hall–Kier alpha value is -0.990. The van der Waals surface area contributed by atoms with Crippen molar-refractivity contribution in [2.75, 3.05) is 6.54 Å². The van der Waals surface area contributed by atoms with Gasteiger partial charge in [0.25, 0.3) is 0 Å². The van der Waals surface area contributed by atoms with E-state index in [4.69, 9.17) is 5.73 Å². The van der Waals surface area contributed by atoms with E-state index in [0.29, 0.717) is 5.92 Å². The van der Waals surface area contributed by atoms with Crippen molar-refractivity contribution in [2.45, 2.75) is 20.8 Å². The second-order valence-corrected chi connectivity index (χ2v) is 3.00. The number of nitrogens with one attached hydrogen (secondary N) is 1. The lowest BCUT2D eigenvalue weighted by molar-refractivity contribution is -0.113. The second kappa shape index (κ2) is 4.77. The quantitative estimate of drug-likeness (QED) is 0.586. The van der Waals surface area contributed by atoms with Crippen LogP contribution in [0.2, 0.25) is 0 Å². The third-order valence-corrected chi connectivity index (χ3v) is 1.15. The molecule has 3 heteroatoms. The van der Waals surface area contributed by atoms with E-state index in [9.17, 15) is 4.79 Å². The normalized spacial score (nSPS) is 11.8. The highest BCUT2D eigenvalue weighted by Crippen LogP contribution is 1.91. The van der Waals surface area contributed by atoms with Crippen LogP contribution in [0.5, 0.6) is 0 Å².